The van der Waals surface area contributed by atoms with Gasteiger partial charge in [-0.05, 0) is 58.5 Å². The Balaban J connectivity index is 2.53. The fourth-order valence-corrected chi connectivity index (χ4v) is 1.81. The van der Waals surface area contributed by atoms with Crippen LogP contribution in [0, 0.1) is 0 Å². The Bertz CT molecular complexity index is 498. The molecule has 116 valence electrons. The molecule has 1 aromatic carbocycles. The molecule has 1 rings (SSSR count). The van der Waals surface area contributed by atoms with Crippen LogP contribution in [0.3, 0.4) is 0 Å². The average molecular weight is 309 g/mol. The molecule has 0 unspecified atom stereocenters. The summed E-state index contributed by atoms with van der Waals surface area (Å²) in [6.07, 6.45) is 1.98. The van der Waals surface area contributed by atoms with Crippen LogP contribution in [0.1, 0.15) is 13.8 Å². The molecule has 5 nitrogen and oxygen atoms in total. The lowest BCUT2D eigenvalue weighted by Gasteiger charge is -2.32. The van der Waals surface area contributed by atoms with Crippen LogP contribution in [-0.4, -0.2) is 49.1 Å². The second-order valence-corrected chi connectivity index (χ2v) is 6.45. The molecular formula is C15H23N3O2S. The smallest absolute Gasteiger partial charge is 0.313 e. The molecule has 0 aliphatic heterocycles. The predicted molar refractivity (Wildman–Crippen MR) is 87.6 cm³/mol. The second-order valence-electron chi connectivity index (χ2n) is 5.57. The molecule has 0 saturated carbocycles. The van der Waals surface area contributed by atoms with Crippen molar-refractivity contribution >= 4 is 29.3 Å². The number of anilines is 1. The first-order valence-corrected chi connectivity index (χ1v) is 7.89. The number of hydrogen-bond acceptors (Lipinski definition) is 4. The van der Waals surface area contributed by atoms with E-state index in [1.54, 1.807) is 23.9 Å². The van der Waals surface area contributed by atoms with E-state index < -0.39 is 11.8 Å². The van der Waals surface area contributed by atoms with E-state index in [0.29, 0.717) is 12.2 Å². The van der Waals surface area contributed by atoms with Crippen LogP contribution in [-0.2, 0) is 9.59 Å². The predicted octanol–water partition coefficient (Wildman–Crippen LogP) is 1.80. The molecule has 0 heterocycles. The van der Waals surface area contributed by atoms with Gasteiger partial charge in [-0.1, -0.05) is 0 Å². The van der Waals surface area contributed by atoms with Crippen LogP contribution < -0.4 is 10.6 Å². The minimum Gasteiger partial charge on any atom is -0.346 e. The van der Waals surface area contributed by atoms with Gasteiger partial charge >= 0.3 is 11.8 Å². The first kappa shape index (κ1) is 17.5. The van der Waals surface area contributed by atoms with Crippen LogP contribution in [0.15, 0.2) is 29.2 Å². The number of nitrogens with one attached hydrogen (secondary N) is 2. The molecule has 0 aromatic heterocycles. The number of amides is 2. The number of carbonyl (C=O) groups is 2. The fraction of sp³-hybridized carbons (Fsp3) is 0.467. The lowest BCUT2D eigenvalue weighted by molar-refractivity contribution is -0.136. The van der Waals surface area contributed by atoms with E-state index in [1.807, 2.05) is 51.2 Å². The van der Waals surface area contributed by atoms with E-state index in [2.05, 4.69) is 10.6 Å². The molecule has 0 aliphatic carbocycles. The van der Waals surface area contributed by atoms with Gasteiger partial charge in [0.25, 0.3) is 0 Å². The molecule has 2 N–H and O–H groups in total. The molecule has 0 aliphatic rings. The minimum absolute atomic E-state index is 0.212. The van der Waals surface area contributed by atoms with Gasteiger partial charge in [-0.2, -0.15) is 0 Å². The van der Waals surface area contributed by atoms with E-state index in [9.17, 15) is 9.59 Å². The van der Waals surface area contributed by atoms with Crippen molar-refractivity contribution in [1.82, 2.24) is 10.2 Å². The number of hydrogen-bond donors (Lipinski definition) is 2. The number of nitrogens with zero attached hydrogens (tertiary/aromatic N) is 1. The quantitative estimate of drug-likeness (QED) is 0.643. The maximum absolute atomic E-state index is 11.8. The highest BCUT2D eigenvalue weighted by Crippen LogP contribution is 2.17. The average Bonchev–Trinajstić information content (AvgIpc) is 2.45. The van der Waals surface area contributed by atoms with Gasteiger partial charge in [0, 0.05) is 22.7 Å². The summed E-state index contributed by atoms with van der Waals surface area (Å²) >= 11 is 1.62. The number of likely N-dealkylation sites (N-methyl/N-ethyl adjacent to an activating group) is 1. The second kappa shape index (κ2) is 7.47. The Morgan fingerprint density at radius 2 is 1.71 bits per heavy atom. The molecule has 6 heteroatoms. The van der Waals surface area contributed by atoms with Gasteiger partial charge in [-0.15, -0.1) is 11.8 Å². The summed E-state index contributed by atoms with van der Waals surface area (Å²) < 4.78 is 0. The summed E-state index contributed by atoms with van der Waals surface area (Å²) in [5.74, 6) is -1.28. The largest absolute Gasteiger partial charge is 0.346 e. The van der Waals surface area contributed by atoms with Crippen molar-refractivity contribution in [2.45, 2.75) is 24.3 Å². The highest BCUT2D eigenvalue weighted by molar-refractivity contribution is 7.98. The molecule has 2 amide bonds. The molecule has 0 spiro atoms. The zero-order valence-corrected chi connectivity index (χ0v) is 14.0. The van der Waals surface area contributed by atoms with Crippen molar-refractivity contribution in [3.63, 3.8) is 0 Å². The summed E-state index contributed by atoms with van der Waals surface area (Å²) in [6, 6.07) is 7.35. The summed E-state index contributed by atoms with van der Waals surface area (Å²) in [4.78, 5) is 26.7. The standard InChI is InChI=1S/C15H23N3O2S/c1-15(2,18(3)4)10-16-13(19)14(20)17-11-6-8-12(21-5)9-7-11/h6-9H,10H2,1-5H3,(H,16,19)(H,17,20). The van der Waals surface area contributed by atoms with E-state index in [1.165, 1.54) is 0 Å². The summed E-state index contributed by atoms with van der Waals surface area (Å²) in [6.45, 7) is 4.39. The Morgan fingerprint density at radius 3 is 2.19 bits per heavy atom. The first-order chi connectivity index (χ1) is 9.76. The van der Waals surface area contributed by atoms with Gasteiger partial charge in [0.1, 0.15) is 0 Å². The molecule has 0 atom stereocenters. The zero-order chi connectivity index (χ0) is 16.0. The molecule has 0 radical (unpaired) electrons. The number of thioether (sulfide) groups is 1. The summed E-state index contributed by atoms with van der Waals surface area (Å²) in [5.41, 5.74) is 0.399. The normalized spacial score (nSPS) is 11.3. The monoisotopic (exact) mass is 309 g/mol. The van der Waals surface area contributed by atoms with Crippen LogP contribution in [0.5, 0.6) is 0 Å². The van der Waals surface area contributed by atoms with Gasteiger partial charge < -0.3 is 15.5 Å². The van der Waals surface area contributed by atoms with Crippen molar-refractivity contribution in [2.75, 3.05) is 32.2 Å². The van der Waals surface area contributed by atoms with Crippen molar-refractivity contribution in [1.29, 1.82) is 0 Å². The highest BCUT2D eigenvalue weighted by Gasteiger charge is 2.23. The van der Waals surface area contributed by atoms with Crippen molar-refractivity contribution in [2.24, 2.45) is 0 Å². The van der Waals surface area contributed by atoms with Crippen molar-refractivity contribution in [3.05, 3.63) is 24.3 Å². The topological polar surface area (TPSA) is 61.4 Å². The Morgan fingerprint density at radius 1 is 1.14 bits per heavy atom. The molecule has 1 aromatic rings. The van der Waals surface area contributed by atoms with E-state index in [-0.39, 0.29) is 5.54 Å². The Kier molecular flexibility index (Phi) is 6.23. The number of benzene rings is 1. The first-order valence-electron chi connectivity index (χ1n) is 6.67. The van der Waals surface area contributed by atoms with Gasteiger partial charge in [0.2, 0.25) is 0 Å². The third-order valence-corrected chi connectivity index (χ3v) is 4.19. The van der Waals surface area contributed by atoms with Gasteiger partial charge in [0.05, 0.1) is 0 Å². The highest BCUT2D eigenvalue weighted by atomic mass is 32.2. The maximum atomic E-state index is 11.8. The molecular weight excluding hydrogens is 286 g/mol. The Hall–Kier alpha value is -1.53. The summed E-state index contributed by atoms with van der Waals surface area (Å²) in [5, 5.41) is 5.23. The van der Waals surface area contributed by atoms with Crippen LogP contribution in [0.2, 0.25) is 0 Å². The minimum atomic E-state index is -0.651. The van der Waals surface area contributed by atoms with Crippen molar-refractivity contribution < 1.29 is 9.59 Å². The third kappa shape index (κ3) is 5.40. The number of rotatable bonds is 5. The lowest BCUT2D eigenvalue weighted by atomic mass is 10.0. The lowest BCUT2D eigenvalue weighted by Crippen LogP contribution is -2.50. The molecule has 0 fully saturated rings. The third-order valence-electron chi connectivity index (χ3n) is 3.45. The van der Waals surface area contributed by atoms with Gasteiger partial charge in [-0.3, -0.25) is 9.59 Å². The van der Waals surface area contributed by atoms with Gasteiger partial charge in [-0.25, -0.2) is 0 Å². The fourth-order valence-electron chi connectivity index (χ4n) is 1.40. The molecule has 0 bridgehead atoms. The van der Waals surface area contributed by atoms with E-state index in [4.69, 9.17) is 0 Å². The van der Waals surface area contributed by atoms with Crippen LogP contribution >= 0.6 is 11.8 Å². The molecule has 0 saturated heterocycles. The van der Waals surface area contributed by atoms with Crippen LogP contribution in [0.4, 0.5) is 5.69 Å². The van der Waals surface area contributed by atoms with E-state index in [0.717, 1.165) is 4.90 Å². The SMILES string of the molecule is CSc1ccc(NC(=O)C(=O)NCC(C)(C)N(C)C)cc1. The van der Waals surface area contributed by atoms with E-state index >= 15 is 0 Å². The molecule has 21 heavy (non-hydrogen) atoms. The van der Waals surface area contributed by atoms with Crippen molar-refractivity contribution in [3.8, 4) is 0 Å². The maximum Gasteiger partial charge on any atom is 0.313 e. The Labute approximate surface area is 130 Å². The van der Waals surface area contributed by atoms with Gasteiger partial charge in [0.15, 0.2) is 0 Å². The summed E-state index contributed by atoms with van der Waals surface area (Å²) in [7, 11) is 3.86. The zero-order valence-electron chi connectivity index (χ0n) is 13.2. The number of carbonyl (C=O) groups excluding carboxylic acids is 2. The van der Waals surface area contributed by atoms with Crippen LogP contribution in [0.25, 0.3) is 0 Å².